The van der Waals surface area contributed by atoms with Crippen LogP contribution in [0, 0.1) is 24.7 Å². The molecule has 3 aliphatic rings. The third-order valence-corrected chi connectivity index (χ3v) is 9.88. The number of carbonyl (C=O) groups is 2. The van der Waals surface area contributed by atoms with Crippen LogP contribution in [0.5, 0.6) is 11.5 Å². The number of fused-ring (bicyclic) bond motifs is 3. The van der Waals surface area contributed by atoms with Crippen LogP contribution in [0.25, 0.3) is 33.0 Å². The van der Waals surface area contributed by atoms with Crippen molar-refractivity contribution < 1.29 is 28.8 Å². The number of imide groups is 1. The Hall–Kier alpha value is -4.02. The monoisotopic (exact) mass is 581 g/mol. The number of H-pyrrole nitrogens is 1. The molecule has 5 unspecified atom stereocenters. The summed E-state index contributed by atoms with van der Waals surface area (Å²) in [5.74, 6) is 1.08. The van der Waals surface area contributed by atoms with Crippen LogP contribution in [-0.2, 0) is 14.3 Å². The summed E-state index contributed by atoms with van der Waals surface area (Å²) in [6, 6.07) is 9.77. The molecular formula is C33H36BN3O6. The maximum Gasteiger partial charge on any atom is 0.419 e. The second-order valence-corrected chi connectivity index (χ2v) is 12.3. The summed E-state index contributed by atoms with van der Waals surface area (Å²) < 4.78 is 20.4. The van der Waals surface area contributed by atoms with Crippen LogP contribution in [-0.4, -0.2) is 51.1 Å². The van der Waals surface area contributed by atoms with Crippen LogP contribution < -0.4 is 9.47 Å². The molecule has 2 aromatic heterocycles. The van der Waals surface area contributed by atoms with E-state index < -0.39 is 18.9 Å². The van der Waals surface area contributed by atoms with Gasteiger partial charge in [-0.1, -0.05) is 39.3 Å². The number of aromatic amines is 1. The van der Waals surface area contributed by atoms with Crippen LogP contribution in [0.4, 0.5) is 0 Å². The molecule has 2 aromatic carbocycles. The average molecular weight is 581 g/mol. The molecule has 1 fully saturated rings. The Morgan fingerprint density at radius 3 is 2.35 bits per heavy atom. The molecule has 222 valence electrons. The number of carbonyl (C=O) groups excluding carboxylic acids is 2. The Morgan fingerprint density at radius 1 is 0.953 bits per heavy atom. The van der Waals surface area contributed by atoms with Crippen molar-refractivity contribution >= 4 is 51.8 Å². The van der Waals surface area contributed by atoms with Crippen molar-refractivity contribution in [2.45, 2.75) is 60.2 Å². The fourth-order valence-corrected chi connectivity index (χ4v) is 7.17. The normalized spacial score (nSPS) is 25.6. The van der Waals surface area contributed by atoms with Crippen molar-refractivity contribution in [3.8, 4) is 11.5 Å². The summed E-state index contributed by atoms with van der Waals surface area (Å²) in [5, 5.41) is 12.2. The van der Waals surface area contributed by atoms with Gasteiger partial charge >= 0.3 is 7.05 Å². The number of amides is 2. The maximum atomic E-state index is 14.2. The van der Waals surface area contributed by atoms with Crippen molar-refractivity contribution in [3.05, 3.63) is 59.4 Å². The van der Waals surface area contributed by atoms with Gasteiger partial charge in [0.25, 0.3) is 11.8 Å². The Labute approximate surface area is 250 Å². The summed E-state index contributed by atoms with van der Waals surface area (Å²) in [5.41, 5.74) is 4.41. The smallest absolute Gasteiger partial charge is 0.419 e. The Kier molecular flexibility index (Phi) is 6.48. The topological polar surface area (TPSA) is 106 Å². The van der Waals surface area contributed by atoms with Crippen molar-refractivity contribution in [1.29, 1.82) is 0 Å². The first-order chi connectivity index (χ1) is 20.6. The van der Waals surface area contributed by atoms with Crippen molar-refractivity contribution in [2.75, 3.05) is 6.79 Å². The summed E-state index contributed by atoms with van der Waals surface area (Å²) in [4.78, 5) is 32.4. The highest BCUT2D eigenvalue weighted by atomic mass is 16.7. The molecule has 7 rings (SSSR count). The van der Waals surface area contributed by atoms with Gasteiger partial charge < -0.3 is 28.8 Å². The van der Waals surface area contributed by atoms with E-state index in [1.54, 1.807) is 6.20 Å². The van der Waals surface area contributed by atoms with Gasteiger partial charge in [-0.05, 0) is 50.2 Å². The number of hydrogen-bond donors (Lipinski definition) is 2. The first kappa shape index (κ1) is 27.8. The lowest BCUT2D eigenvalue weighted by molar-refractivity contribution is -0.166. The van der Waals surface area contributed by atoms with E-state index >= 15 is 0 Å². The minimum atomic E-state index is -1.30. The van der Waals surface area contributed by atoms with E-state index in [0.29, 0.717) is 34.5 Å². The minimum absolute atomic E-state index is 0.0794. The molecule has 2 amide bonds. The number of rotatable bonds is 5. The lowest BCUT2D eigenvalue weighted by Gasteiger charge is -2.44. The highest BCUT2D eigenvalue weighted by Gasteiger charge is 2.46. The standard InChI is InChI=1S/C33H36BN3O6/c1-7-26-18(4)17(3)19(5)33(43-26)36-14-23(21-11-27-28(12-25(21)36)42-15-41-27)30-29(31(38)37(32(30)39)34(6)40)22-13-35-24-9-8-16(2)10-20(22)24/h8-14,17-19,26,33,35,40H,7,15H2,1-6H3. The summed E-state index contributed by atoms with van der Waals surface area (Å²) in [6.45, 7) is 12.4. The minimum Gasteiger partial charge on any atom is -0.454 e. The molecule has 5 atom stereocenters. The van der Waals surface area contributed by atoms with Gasteiger partial charge in [0.1, 0.15) is 6.23 Å². The van der Waals surface area contributed by atoms with Crippen LogP contribution >= 0.6 is 0 Å². The summed E-state index contributed by atoms with van der Waals surface area (Å²) in [6.07, 6.45) is 4.37. The molecular weight excluding hydrogens is 545 g/mol. The molecule has 3 aliphatic heterocycles. The van der Waals surface area contributed by atoms with E-state index in [1.807, 2.05) is 43.5 Å². The Bertz CT molecular complexity index is 1830. The highest BCUT2D eigenvalue weighted by Crippen LogP contribution is 2.48. The zero-order valence-electron chi connectivity index (χ0n) is 25.3. The fraction of sp³-hybridized carbons (Fsp3) is 0.394. The molecule has 10 heteroatoms. The van der Waals surface area contributed by atoms with E-state index in [0.717, 1.165) is 38.6 Å². The van der Waals surface area contributed by atoms with Gasteiger partial charge in [-0.25, -0.2) is 0 Å². The molecule has 43 heavy (non-hydrogen) atoms. The molecule has 0 spiro atoms. The second-order valence-electron chi connectivity index (χ2n) is 12.3. The van der Waals surface area contributed by atoms with E-state index in [2.05, 4.69) is 37.2 Å². The molecule has 1 saturated heterocycles. The lowest BCUT2D eigenvalue weighted by atomic mass is 9.77. The largest absolute Gasteiger partial charge is 0.454 e. The number of nitrogens with zero attached hydrogens (tertiary/aromatic N) is 2. The predicted molar refractivity (Wildman–Crippen MR) is 165 cm³/mol. The number of aromatic nitrogens is 2. The predicted octanol–water partition coefficient (Wildman–Crippen LogP) is 5.77. The highest BCUT2D eigenvalue weighted by molar-refractivity contribution is 6.65. The SMILES string of the molecule is CCC1OC(n2cc(C3=C(c4c[nH]c5ccc(C)cc45)C(=O)N(B(C)O)C3=O)c3cc4c(cc32)OCO4)C(C)C(C)C1C. The van der Waals surface area contributed by atoms with Crippen LogP contribution in [0.2, 0.25) is 6.82 Å². The third-order valence-electron chi connectivity index (χ3n) is 9.88. The van der Waals surface area contributed by atoms with Gasteiger partial charge in [0.2, 0.25) is 6.79 Å². The number of hydrogen-bond acceptors (Lipinski definition) is 6. The van der Waals surface area contributed by atoms with Crippen LogP contribution in [0.3, 0.4) is 0 Å². The Morgan fingerprint density at radius 2 is 1.65 bits per heavy atom. The van der Waals surface area contributed by atoms with Gasteiger partial charge in [-0.3, -0.25) is 14.4 Å². The van der Waals surface area contributed by atoms with Gasteiger partial charge in [0.05, 0.1) is 22.8 Å². The van der Waals surface area contributed by atoms with Gasteiger partial charge in [-0.15, -0.1) is 0 Å². The number of nitrogens with one attached hydrogen (secondary N) is 1. The van der Waals surface area contributed by atoms with Crippen molar-refractivity contribution in [2.24, 2.45) is 17.8 Å². The molecule has 0 bridgehead atoms. The van der Waals surface area contributed by atoms with E-state index in [9.17, 15) is 14.6 Å². The van der Waals surface area contributed by atoms with Gasteiger partial charge in [-0.2, -0.15) is 0 Å². The third kappa shape index (κ3) is 4.07. The molecule has 0 saturated carbocycles. The number of aryl methyl sites for hydroxylation is 1. The second kappa shape index (κ2) is 10.0. The Balaban J connectivity index is 1.51. The molecule has 2 N–H and O–H groups in total. The lowest BCUT2D eigenvalue weighted by Crippen LogP contribution is -2.42. The van der Waals surface area contributed by atoms with Crippen molar-refractivity contribution in [1.82, 2.24) is 14.4 Å². The van der Waals surface area contributed by atoms with E-state index in [4.69, 9.17) is 14.2 Å². The summed E-state index contributed by atoms with van der Waals surface area (Å²) in [7, 11) is -1.30. The molecule has 9 nitrogen and oxygen atoms in total. The van der Waals surface area contributed by atoms with E-state index in [1.165, 1.54) is 6.82 Å². The molecule has 0 aliphatic carbocycles. The zero-order valence-corrected chi connectivity index (χ0v) is 25.3. The van der Waals surface area contributed by atoms with E-state index in [-0.39, 0.29) is 36.2 Å². The molecule has 5 heterocycles. The van der Waals surface area contributed by atoms with Crippen molar-refractivity contribution in [3.63, 3.8) is 0 Å². The van der Waals surface area contributed by atoms with Crippen LogP contribution in [0.1, 0.15) is 57.0 Å². The quantitative estimate of drug-likeness (QED) is 0.229. The van der Waals surface area contributed by atoms with Crippen LogP contribution in [0.15, 0.2) is 42.7 Å². The van der Waals surface area contributed by atoms with Gasteiger partial charge in [0, 0.05) is 51.8 Å². The maximum absolute atomic E-state index is 14.2. The first-order valence-corrected chi connectivity index (χ1v) is 15.1. The van der Waals surface area contributed by atoms with Gasteiger partial charge in [0.15, 0.2) is 11.5 Å². The molecule has 4 aromatic rings. The number of benzene rings is 2. The number of ether oxygens (including phenoxy) is 3. The summed E-state index contributed by atoms with van der Waals surface area (Å²) >= 11 is 0. The average Bonchev–Trinajstić information content (AvgIpc) is 3.74. The zero-order chi connectivity index (χ0) is 30.3. The first-order valence-electron chi connectivity index (χ1n) is 15.1. The molecule has 0 radical (unpaired) electrons. The fourth-order valence-electron chi connectivity index (χ4n) is 7.17.